The van der Waals surface area contributed by atoms with Crippen LogP contribution in [0.5, 0.6) is 5.75 Å². The summed E-state index contributed by atoms with van der Waals surface area (Å²) in [5, 5.41) is 0. The number of methoxy groups -OCH3 is 1. The fourth-order valence-corrected chi connectivity index (χ4v) is 4.27. The molecule has 0 spiro atoms. The van der Waals surface area contributed by atoms with Crippen LogP contribution in [0.2, 0.25) is 0 Å². The molecule has 0 aromatic heterocycles. The van der Waals surface area contributed by atoms with Gasteiger partial charge in [-0.1, -0.05) is 0 Å². The van der Waals surface area contributed by atoms with Gasteiger partial charge in [0.05, 0.1) is 7.11 Å². The molecule has 1 aromatic rings. The molecule has 0 heterocycles. The Bertz CT molecular complexity index is 866. The van der Waals surface area contributed by atoms with E-state index in [1.165, 1.54) is 30.2 Å². The first-order valence-electron chi connectivity index (χ1n) is 9.75. The molecule has 1 N–H and O–H groups in total. The molecule has 8 nitrogen and oxygen atoms in total. The fourth-order valence-electron chi connectivity index (χ4n) is 2.65. The molecular formula is C21H34N2O6S. The molecule has 9 heteroatoms. The SMILES string of the molecule is COc1ccc(C(=O)N(C)CCCC(=O)OC(C)(C)C)cc1S(=O)(=O)NC(C)(C)C. The Morgan fingerprint density at radius 2 is 1.70 bits per heavy atom. The Kier molecular flexibility index (Phi) is 8.45. The first-order valence-corrected chi connectivity index (χ1v) is 11.2. The second-order valence-electron chi connectivity index (χ2n) is 9.14. The molecule has 0 bridgehead atoms. The molecule has 1 aromatic carbocycles. The van der Waals surface area contributed by atoms with Crippen molar-refractivity contribution in [2.75, 3.05) is 20.7 Å². The summed E-state index contributed by atoms with van der Waals surface area (Å²) in [4.78, 5) is 25.9. The van der Waals surface area contributed by atoms with E-state index >= 15 is 0 Å². The molecule has 0 aliphatic rings. The maximum Gasteiger partial charge on any atom is 0.306 e. The van der Waals surface area contributed by atoms with Gasteiger partial charge in [0.15, 0.2) is 0 Å². The number of esters is 1. The summed E-state index contributed by atoms with van der Waals surface area (Å²) in [7, 11) is -0.924. The van der Waals surface area contributed by atoms with Crippen LogP contribution in [0.1, 0.15) is 64.7 Å². The van der Waals surface area contributed by atoms with Crippen molar-refractivity contribution in [3.8, 4) is 5.75 Å². The number of nitrogens with zero attached hydrogens (tertiary/aromatic N) is 1. The second-order valence-corrected chi connectivity index (χ2v) is 10.8. The Hall–Kier alpha value is -2.13. The van der Waals surface area contributed by atoms with Crippen LogP contribution in [0.15, 0.2) is 23.1 Å². The van der Waals surface area contributed by atoms with Gasteiger partial charge in [0.1, 0.15) is 16.2 Å². The highest BCUT2D eigenvalue weighted by molar-refractivity contribution is 7.89. The van der Waals surface area contributed by atoms with Gasteiger partial charge in [-0.15, -0.1) is 0 Å². The second kappa shape index (κ2) is 9.78. The van der Waals surface area contributed by atoms with Gasteiger partial charge in [-0.25, -0.2) is 13.1 Å². The van der Waals surface area contributed by atoms with Crippen LogP contribution in [0.4, 0.5) is 0 Å². The zero-order chi connectivity index (χ0) is 23.3. The van der Waals surface area contributed by atoms with Gasteiger partial charge in [0.2, 0.25) is 10.0 Å². The van der Waals surface area contributed by atoms with Gasteiger partial charge in [-0.2, -0.15) is 0 Å². The predicted octanol–water partition coefficient (Wildman–Crippen LogP) is 2.97. The third-order valence-electron chi connectivity index (χ3n) is 3.78. The number of rotatable bonds is 8. The van der Waals surface area contributed by atoms with Crippen LogP contribution < -0.4 is 9.46 Å². The highest BCUT2D eigenvalue weighted by atomic mass is 32.2. The van der Waals surface area contributed by atoms with Gasteiger partial charge in [-0.05, 0) is 66.2 Å². The molecule has 0 fully saturated rings. The van der Waals surface area contributed by atoms with Crippen LogP contribution >= 0.6 is 0 Å². The smallest absolute Gasteiger partial charge is 0.306 e. The van der Waals surface area contributed by atoms with Gasteiger partial charge in [0, 0.05) is 31.1 Å². The monoisotopic (exact) mass is 442 g/mol. The average molecular weight is 443 g/mol. The minimum atomic E-state index is -3.89. The molecule has 0 saturated carbocycles. The molecule has 30 heavy (non-hydrogen) atoms. The number of hydrogen-bond acceptors (Lipinski definition) is 6. The molecule has 0 unspecified atom stereocenters. The molecule has 0 saturated heterocycles. The van der Waals surface area contributed by atoms with E-state index in [1.807, 2.05) is 0 Å². The summed E-state index contributed by atoms with van der Waals surface area (Å²) in [5.41, 5.74) is -1.03. The summed E-state index contributed by atoms with van der Waals surface area (Å²) in [6, 6.07) is 4.28. The van der Waals surface area contributed by atoms with Crippen LogP contribution in [0.25, 0.3) is 0 Å². The van der Waals surface area contributed by atoms with Gasteiger partial charge >= 0.3 is 5.97 Å². The lowest BCUT2D eigenvalue weighted by Gasteiger charge is -2.22. The minimum absolute atomic E-state index is 0.104. The highest BCUT2D eigenvalue weighted by Gasteiger charge is 2.27. The summed E-state index contributed by atoms with van der Waals surface area (Å²) in [6.07, 6.45) is 0.622. The van der Waals surface area contributed by atoms with E-state index in [9.17, 15) is 18.0 Å². The molecule has 0 atom stereocenters. The number of carbonyl (C=O) groups excluding carboxylic acids is 2. The zero-order valence-electron chi connectivity index (χ0n) is 19.2. The van der Waals surface area contributed by atoms with Crippen molar-refractivity contribution in [1.82, 2.24) is 9.62 Å². The molecular weight excluding hydrogens is 408 g/mol. The van der Waals surface area contributed by atoms with Gasteiger partial charge in [0.25, 0.3) is 5.91 Å². The third-order valence-corrected chi connectivity index (χ3v) is 5.56. The topological polar surface area (TPSA) is 102 Å². The van der Waals surface area contributed by atoms with Crippen LogP contribution in [0.3, 0.4) is 0 Å². The normalized spacial score (nSPS) is 12.4. The lowest BCUT2D eigenvalue weighted by atomic mass is 10.1. The first-order chi connectivity index (χ1) is 13.6. The van der Waals surface area contributed by atoms with Crippen molar-refractivity contribution in [2.24, 2.45) is 0 Å². The van der Waals surface area contributed by atoms with E-state index in [0.717, 1.165) is 0 Å². The van der Waals surface area contributed by atoms with Crippen LogP contribution in [0, 0.1) is 0 Å². The van der Waals surface area contributed by atoms with Crippen LogP contribution in [-0.4, -0.2) is 57.0 Å². The van der Waals surface area contributed by atoms with Crippen LogP contribution in [-0.2, 0) is 19.6 Å². The Morgan fingerprint density at radius 1 is 1.10 bits per heavy atom. The van der Waals surface area contributed by atoms with E-state index in [4.69, 9.17) is 9.47 Å². The van der Waals surface area contributed by atoms with Gasteiger partial charge < -0.3 is 14.4 Å². The quantitative estimate of drug-likeness (QED) is 0.621. The highest BCUT2D eigenvalue weighted by Crippen LogP contribution is 2.26. The van der Waals surface area contributed by atoms with E-state index in [-0.39, 0.29) is 34.5 Å². The van der Waals surface area contributed by atoms with Gasteiger partial charge in [-0.3, -0.25) is 9.59 Å². The van der Waals surface area contributed by atoms with E-state index < -0.39 is 21.2 Å². The molecule has 1 rings (SSSR count). The number of nitrogens with one attached hydrogen (secondary N) is 1. The molecule has 0 aliphatic carbocycles. The van der Waals surface area contributed by atoms with Crippen molar-refractivity contribution in [3.63, 3.8) is 0 Å². The standard InChI is InChI=1S/C21H34N2O6S/c1-20(2,3)22-30(26,27)17-14-15(11-12-16(17)28-8)19(25)23(7)13-9-10-18(24)29-21(4,5)6/h11-12,14,22H,9-10,13H2,1-8H3. The summed E-state index contributed by atoms with van der Waals surface area (Å²) < 4.78 is 38.5. The van der Waals surface area contributed by atoms with Crippen molar-refractivity contribution >= 4 is 21.9 Å². The number of carbonyl (C=O) groups is 2. The first kappa shape index (κ1) is 25.9. The van der Waals surface area contributed by atoms with Crippen molar-refractivity contribution in [1.29, 1.82) is 0 Å². The number of ether oxygens (including phenoxy) is 2. The zero-order valence-corrected chi connectivity index (χ0v) is 20.0. The summed E-state index contributed by atoms with van der Waals surface area (Å²) in [5.74, 6) is -0.528. The largest absolute Gasteiger partial charge is 0.495 e. The van der Waals surface area contributed by atoms with Crippen molar-refractivity contribution < 1.29 is 27.5 Å². The summed E-state index contributed by atoms with van der Waals surface area (Å²) in [6.45, 7) is 10.9. The number of benzene rings is 1. The lowest BCUT2D eigenvalue weighted by molar-refractivity contribution is -0.154. The molecule has 0 radical (unpaired) electrons. The molecule has 0 aliphatic heterocycles. The minimum Gasteiger partial charge on any atom is -0.495 e. The summed E-state index contributed by atoms with van der Waals surface area (Å²) >= 11 is 0. The van der Waals surface area contributed by atoms with E-state index in [0.29, 0.717) is 13.0 Å². The Morgan fingerprint density at radius 3 is 2.20 bits per heavy atom. The lowest BCUT2D eigenvalue weighted by Crippen LogP contribution is -2.40. The van der Waals surface area contributed by atoms with E-state index in [1.54, 1.807) is 48.6 Å². The molecule has 1 amide bonds. The predicted molar refractivity (Wildman–Crippen MR) is 115 cm³/mol. The Labute approximate surface area is 180 Å². The average Bonchev–Trinajstić information content (AvgIpc) is 2.56. The Balaban J connectivity index is 2.93. The maximum absolute atomic E-state index is 12.8. The number of sulfonamides is 1. The van der Waals surface area contributed by atoms with E-state index in [2.05, 4.69) is 4.72 Å². The number of hydrogen-bond donors (Lipinski definition) is 1. The van der Waals surface area contributed by atoms with Crippen molar-refractivity contribution in [3.05, 3.63) is 23.8 Å². The maximum atomic E-state index is 12.8. The number of amides is 1. The fraction of sp³-hybridized carbons (Fsp3) is 0.619. The molecule has 170 valence electrons. The third kappa shape index (κ3) is 8.31. The van der Waals surface area contributed by atoms with Crippen molar-refractivity contribution in [2.45, 2.75) is 70.4 Å².